The number of aryl methyl sites for hydroxylation is 2. The van der Waals surface area contributed by atoms with E-state index >= 15 is 0 Å². The summed E-state index contributed by atoms with van der Waals surface area (Å²) in [5.41, 5.74) is 2.98. The van der Waals surface area contributed by atoms with E-state index in [0.717, 1.165) is 22.6 Å². The van der Waals surface area contributed by atoms with Crippen LogP contribution in [0.5, 0.6) is 0 Å². The van der Waals surface area contributed by atoms with E-state index in [4.69, 9.17) is 4.42 Å². The summed E-state index contributed by atoms with van der Waals surface area (Å²) >= 11 is 0. The molecule has 3 rings (SSSR count). The molecule has 2 amide bonds. The zero-order valence-corrected chi connectivity index (χ0v) is 13.3. The van der Waals surface area contributed by atoms with Crippen molar-refractivity contribution in [3.05, 3.63) is 53.5 Å². The molecule has 0 saturated carbocycles. The smallest absolute Gasteiger partial charge is 0.229 e. The Hall–Kier alpha value is -2.56. The monoisotopic (exact) mass is 312 g/mol. The van der Waals surface area contributed by atoms with Crippen LogP contribution in [0, 0.1) is 19.8 Å². The first kappa shape index (κ1) is 15.3. The molecule has 5 heteroatoms. The minimum Gasteiger partial charge on any atom is -0.467 e. The van der Waals surface area contributed by atoms with Gasteiger partial charge in [0.05, 0.1) is 18.7 Å². The predicted octanol–water partition coefficient (Wildman–Crippen LogP) is 2.88. The molecule has 1 fully saturated rings. The van der Waals surface area contributed by atoms with Crippen LogP contribution < -0.4 is 5.32 Å². The fourth-order valence-electron chi connectivity index (χ4n) is 2.88. The molecule has 5 nitrogen and oxygen atoms in total. The van der Waals surface area contributed by atoms with Gasteiger partial charge in [0.15, 0.2) is 0 Å². The number of anilines is 1. The van der Waals surface area contributed by atoms with E-state index in [1.165, 1.54) is 0 Å². The highest BCUT2D eigenvalue weighted by Gasteiger charge is 2.34. The first-order chi connectivity index (χ1) is 11.0. The summed E-state index contributed by atoms with van der Waals surface area (Å²) < 4.78 is 5.27. The lowest BCUT2D eigenvalue weighted by Crippen LogP contribution is -2.28. The summed E-state index contributed by atoms with van der Waals surface area (Å²) in [7, 11) is 0. The van der Waals surface area contributed by atoms with Crippen molar-refractivity contribution < 1.29 is 14.0 Å². The lowest BCUT2D eigenvalue weighted by molar-refractivity contribution is -0.128. The first-order valence-electron chi connectivity index (χ1n) is 7.71. The standard InChI is InChI=1S/C18H20N2O3/c1-12-5-6-16(13(2)8-12)19-18(22)14-9-17(21)20(10-14)11-15-4-3-7-23-15/h3-8,14H,9-11H2,1-2H3,(H,19,22). The van der Waals surface area contributed by atoms with Crippen LogP contribution in [0.4, 0.5) is 5.69 Å². The van der Waals surface area contributed by atoms with Gasteiger partial charge in [-0.05, 0) is 37.6 Å². The second-order valence-corrected chi connectivity index (χ2v) is 6.06. The topological polar surface area (TPSA) is 62.6 Å². The highest BCUT2D eigenvalue weighted by molar-refractivity contribution is 5.97. The number of amides is 2. The van der Waals surface area contributed by atoms with E-state index in [0.29, 0.717) is 13.1 Å². The highest BCUT2D eigenvalue weighted by Crippen LogP contribution is 2.23. The van der Waals surface area contributed by atoms with Crippen LogP contribution in [0.3, 0.4) is 0 Å². The Balaban J connectivity index is 1.63. The third-order valence-electron chi connectivity index (χ3n) is 4.15. The number of carbonyl (C=O) groups excluding carboxylic acids is 2. The van der Waals surface area contributed by atoms with Gasteiger partial charge in [0.1, 0.15) is 5.76 Å². The molecule has 2 aromatic rings. The molecular weight excluding hydrogens is 292 g/mol. The van der Waals surface area contributed by atoms with Crippen LogP contribution in [0.1, 0.15) is 23.3 Å². The maximum atomic E-state index is 12.4. The van der Waals surface area contributed by atoms with Gasteiger partial charge in [-0.1, -0.05) is 17.7 Å². The molecule has 0 bridgehead atoms. The van der Waals surface area contributed by atoms with Crippen LogP contribution in [0.15, 0.2) is 41.0 Å². The number of nitrogens with zero attached hydrogens (tertiary/aromatic N) is 1. The summed E-state index contributed by atoms with van der Waals surface area (Å²) in [4.78, 5) is 26.2. The maximum absolute atomic E-state index is 12.4. The van der Waals surface area contributed by atoms with Crippen molar-refractivity contribution in [1.29, 1.82) is 0 Å². The molecule has 1 unspecified atom stereocenters. The Morgan fingerprint density at radius 1 is 1.35 bits per heavy atom. The number of carbonyl (C=O) groups is 2. The van der Waals surface area contributed by atoms with Crippen molar-refractivity contribution >= 4 is 17.5 Å². The van der Waals surface area contributed by atoms with Crippen molar-refractivity contribution in [2.24, 2.45) is 5.92 Å². The number of nitrogens with one attached hydrogen (secondary N) is 1. The lowest BCUT2D eigenvalue weighted by Gasteiger charge is -2.15. The van der Waals surface area contributed by atoms with Crippen LogP contribution in [0.25, 0.3) is 0 Å². The molecule has 0 aliphatic carbocycles. The van der Waals surface area contributed by atoms with Crippen LogP contribution >= 0.6 is 0 Å². The van der Waals surface area contributed by atoms with E-state index in [1.807, 2.05) is 38.1 Å². The molecule has 1 aromatic heterocycles. The SMILES string of the molecule is Cc1ccc(NC(=O)C2CC(=O)N(Cc3ccco3)C2)c(C)c1. The molecule has 2 heterocycles. The molecule has 1 aromatic carbocycles. The highest BCUT2D eigenvalue weighted by atomic mass is 16.3. The Labute approximate surface area is 135 Å². The molecular formula is C18H20N2O3. The minimum absolute atomic E-state index is 0.0119. The first-order valence-corrected chi connectivity index (χ1v) is 7.71. The van der Waals surface area contributed by atoms with Gasteiger partial charge in [-0.25, -0.2) is 0 Å². The van der Waals surface area contributed by atoms with E-state index in [2.05, 4.69) is 5.32 Å². The zero-order valence-electron chi connectivity index (χ0n) is 13.3. The predicted molar refractivity (Wildman–Crippen MR) is 86.8 cm³/mol. The van der Waals surface area contributed by atoms with Gasteiger partial charge in [0, 0.05) is 18.7 Å². The Morgan fingerprint density at radius 2 is 2.17 bits per heavy atom. The van der Waals surface area contributed by atoms with Crippen molar-refractivity contribution in [3.8, 4) is 0 Å². The number of likely N-dealkylation sites (tertiary alicyclic amines) is 1. The molecule has 1 aliphatic heterocycles. The number of rotatable bonds is 4. The lowest BCUT2D eigenvalue weighted by atomic mass is 10.1. The number of hydrogen-bond donors (Lipinski definition) is 1. The third kappa shape index (κ3) is 3.44. The molecule has 1 atom stereocenters. The molecule has 0 spiro atoms. The van der Waals surface area contributed by atoms with E-state index in [9.17, 15) is 9.59 Å². The van der Waals surface area contributed by atoms with Gasteiger partial charge in [-0.3, -0.25) is 9.59 Å². The van der Waals surface area contributed by atoms with Crippen molar-refractivity contribution in [2.45, 2.75) is 26.8 Å². The van der Waals surface area contributed by atoms with Crippen LogP contribution in [-0.4, -0.2) is 23.3 Å². The van der Waals surface area contributed by atoms with Gasteiger partial charge in [0.2, 0.25) is 11.8 Å². The van der Waals surface area contributed by atoms with Crippen molar-refractivity contribution in [2.75, 3.05) is 11.9 Å². The van der Waals surface area contributed by atoms with Gasteiger partial charge in [0.25, 0.3) is 0 Å². The van der Waals surface area contributed by atoms with Crippen LogP contribution in [-0.2, 0) is 16.1 Å². The van der Waals surface area contributed by atoms with Gasteiger partial charge in [-0.2, -0.15) is 0 Å². The fraction of sp³-hybridized carbons (Fsp3) is 0.333. The van der Waals surface area contributed by atoms with Gasteiger partial charge >= 0.3 is 0 Å². The van der Waals surface area contributed by atoms with Gasteiger partial charge < -0.3 is 14.6 Å². The molecule has 1 N–H and O–H groups in total. The van der Waals surface area contributed by atoms with Crippen LogP contribution in [0.2, 0.25) is 0 Å². The average Bonchev–Trinajstić information content (AvgIpc) is 3.13. The van der Waals surface area contributed by atoms with Crippen molar-refractivity contribution in [1.82, 2.24) is 4.90 Å². The number of benzene rings is 1. The fourth-order valence-corrected chi connectivity index (χ4v) is 2.88. The zero-order chi connectivity index (χ0) is 16.4. The Kier molecular flexibility index (Phi) is 4.19. The molecule has 0 radical (unpaired) electrons. The maximum Gasteiger partial charge on any atom is 0.229 e. The largest absolute Gasteiger partial charge is 0.467 e. The summed E-state index contributed by atoms with van der Waals surface area (Å²) in [6, 6.07) is 9.51. The second kappa shape index (κ2) is 6.28. The number of hydrogen-bond acceptors (Lipinski definition) is 3. The average molecular weight is 312 g/mol. The van der Waals surface area contributed by atoms with Crippen molar-refractivity contribution in [3.63, 3.8) is 0 Å². The van der Waals surface area contributed by atoms with Gasteiger partial charge in [-0.15, -0.1) is 0 Å². The van der Waals surface area contributed by atoms with E-state index in [-0.39, 0.29) is 24.2 Å². The summed E-state index contributed by atoms with van der Waals surface area (Å²) in [5.74, 6) is 0.293. The third-order valence-corrected chi connectivity index (χ3v) is 4.15. The normalized spacial score (nSPS) is 17.6. The quantitative estimate of drug-likeness (QED) is 0.944. The number of furan rings is 1. The molecule has 1 aliphatic rings. The van der Waals surface area contributed by atoms with E-state index < -0.39 is 0 Å². The molecule has 120 valence electrons. The van der Waals surface area contributed by atoms with E-state index in [1.54, 1.807) is 17.2 Å². The second-order valence-electron chi connectivity index (χ2n) is 6.06. The molecule has 1 saturated heterocycles. The molecule has 23 heavy (non-hydrogen) atoms. The Bertz CT molecular complexity index is 722. The Morgan fingerprint density at radius 3 is 2.87 bits per heavy atom. The summed E-state index contributed by atoms with van der Waals surface area (Å²) in [5, 5.41) is 2.94. The summed E-state index contributed by atoms with van der Waals surface area (Å²) in [6.07, 6.45) is 1.83. The minimum atomic E-state index is -0.321. The summed E-state index contributed by atoms with van der Waals surface area (Å²) in [6.45, 7) is 4.82.